The predicted molar refractivity (Wildman–Crippen MR) is 45.5 cm³/mol. The van der Waals surface area contributed by atoms with E-state index in [0.29, 0.717) is 0 Å². The Morgan fingerprint density at radius 2 is 2.27 bits per heavy atom. The van der Waals surface area contributed by atoms with Crippen LogP contribution in [0.5, 0.6) is 0 Å². The summed E-state index contributed by atoms with van der Waals surface area (Å²) in [4.78, 5) is 7.62. The summed E-state index contributed by atoms with van der Waals surface area (Å²) in [5.74, 6) is 1.03. The molecule has 1 aromatic rings. The van der Waals surface area contributed by atoms with Gasteiger partial charge in [0.15, 0.2) is 0 Å². The van der Waals surface area contributed by atoms with Crippen molar-refractivity contribution in [2.45, 2.75) is 26.8 Å². The predicted octanol–water partition coefficient (Wildman–Crippen LogP) is 1.000. The van der Waals surface area contributed by atoms with E-state index in [2.05, 4.69) is 29.1 Å². The van der Waals surface area contributed by atoms with E-state index in [9.17, 15) is 0 Å². The summed E-state index contributed by atoms with van der Waals surface area (Å²) < 4.78 is 0. The molecule has 0 fully saturated rings. The molecule has 0 spiro atoms. The molecule has 1 aromatic heterocycles. The first-order valence-electron chi connectivity index (χ1n) is 3.96. The van der Waals surface area contributed by atoms with Crippen molar-refractivity contribution in [1.29, 1.82) is 0 Å². The lowest BCUT2D eigenvalue weighted by atomic mass is 10.3. The van der Waals surface area contributed by atoms with Gasteiger partial charge in [-0.15, -0.1) is 0 Å². The first kappa shape index (κ1) is 8.27. The molecule has 0 amide bonds. The number of aryl methyl sites for hydroxylation is 2. The first-order chi connectivity index (χ1) is 5.27. The number of rotatable bonds is 3. The van der Waals surface area contributed by atoms with Gasteiger partial charge in [0.05, 0.1) is 12.2 Å². The molecule has 1 rings (SSSR count). The first-order valence-corrected chi connectivity index (χ1v) is 3.96. The summed E-state index contributed by atoms with van der Waals surface area (Å²) in [6.45, 7) is 5.00. The van der Waals surface area contributed by atoms with Gasteiger partial charge >= 0.3 is 0 Å². The lowest BCUT2D eigenvalue weighted by molar-refractivity contribution is 0.767. The summed E-state index contributed by atoms with van der Waals surface area (Å²) in [7, 11) is 1.92. The Balaban J connectivity index is 2.77. The molecule has 0 bridgehead atoms. The van der Waals surface area contributed by atoms with Crippen LogP contribution >= 0.6 is 0 Å². The Bertz CT molecular complexity index is 227. The normalized spacial score (nSPS) is 10.5. The molecule has 0 radical (unpaired) electrons. The fourth-order valence-electron chi connectivity index (χ4n) is 1.16. The molecule has 0 atom stereocenters. The molecule has 3 nitrogen and oxygen atoms in total. The van der Waals surface area contributed by atoms with E-state index in [4.69, 9.17) is 0 Å². The molecule has 11 heavy (non-hydrogen) atoms. The van der Waals surface area contributed by atoms with Crippen LogP contribution in [0, 0.1) is 6.92 Å². The smallest absolute Gasteiger partial charge is 0.120 e. The number of aromatic amines is 1. The van der Waals surface area contributed by atoms with Crippen LogP contribution in [-0.2, 0) is 13.0 Å². The number of nitrogens with one attached hydrogen (secondary N) is 2. The van der Waals surface area contributed by atoms with Gasteiger partial charge in [-0.2, -0.15) is 0 Å². The SMILES string of the molecule is CCc1nc(CNC)[nH]c1C. The maximum absolute atomic E-state index is 4.40. The van der Waals surface area contributed by atoms with Crippen molar-refractivity contribution in [2.24, 2.45) is 0 Å². The van der Waals surface area contributed by atoms with Crippen molar-refractivity contribution in [3.63, 3.8) is 0 Å². The van der Waals surface area contributed by atoms with E-state index < -0.39 is 0 Å². The van der Waals surface area contributed by atoms with Crippen molar-refractivity contribution in [3.05, 3.63) is 17.2 Å². The highest BCUT2D eigenvalue weighted by Gasteiger charge is 2.02. The molecule has 0 saturated carbocycles. The van der Waals surface area contributed by atoms with Crippen LogP contribution in [0.15, 0.2) is 0 Å². The number of imidazole rings is 1. The lowest BCUT2D eigenvalue weighted by Gasteiger charge is -1.90. The average molecular weight is 153 g/mol. The van der Waals surface area contributed by atoms with E-state index in [0.717, 1.165) is 18.8 Å². The zero-order valence-corrected chi connectivity index (χ0v) is 7.36. The van der Waals surface area contributed by atoms with Crippen LogP contribution < -0.4 is 5.32 Å². The van der Waals surface area contributed by atoms with Crippen molar-refractivity contribution < 1.29 is 0 Å². The van der Waals surface area contributed by atoms with E-state index in [-0.39, 0.29) is 0 Å². The van der Waals surface area contributed by atoms with Crippen LogP contribution in [0.25, 0.3) is 0 Å². The van der Waals surface area contributed by atoms with Gasteiger partial charge in [-0.25, -0.2) is 4.98 Å². The van der Waals surface area contributed by atoms with Gasteiger partial charge in [-0.3, -0.25) is 0 Å². The average Bonchev–Trinajstić information content (AvgIpc) is 2.32. The van der Waals surface area contributed by atoms with E-state index in [1.807, 2.05) is 7.05 Å². The standard InChI is InChI=1S/C8H15N3/c1-4-7-6(2)10-8(11-7)5-9-3/h9H,4-5H2,1-3H3,(H,10,11). The monoisotopic (exact) mass is 153 g/mol. The number of nitrogens with zero attached hydrogens (tertiary/aromatic N) is 1. The lowest BCUT2D eigenvalue weighted by Crippen LogP contribution is -2.06. The summed E-state index contributed by atoms with van der Waals surface area (Å²) >= 11 is 0. The maximum Gasteiger partial charge on any atom is 0.120 e. The van der Waals surface area contributed by atoms with Crippen molar-refractivity contribution in [2.75, 3.05) is 7.05 Å². The van der Waals surface area contributed by atoms with Gasteiger partial charge in [-0.05, 0) is 20.4 Å². The fourth-order valence-corrected chi connectivity index (χ4v) is 1.16. The second-order valence-electron chi connectivity index (χ2n) is 2.64. The molecule has 0 saturated heterocycles. The van der Waals surface area contributed by atoms with Gasteiger partial charge in [0, 0.05) is 5.69 Å². The van der Waals surface area contributed by atoms with Gasteiger partial charge in [-0.1, -0.05) is 6.92 Å². The number of hydrogen-bond acceptors (Lipinski definition) is 2. The number of hydrogen-bond donors (Lipinski definition) is 2. The quantitative estimate of drug-likeness (QED) is 0.680. The van der Waals surface area contributed by atoms with Gasteiger partial charge < -0.3 is 10.3 Å². The van der Waals surface area contributed by atoms with Crippen molar-refractivity contribution in [1.82, 2.24) is 15.3 Å². The zero-order chi connectivity index (χ0) is 8.27. The highest BCUT2D eigenvalue weighted by molar-refractivity contribution is 5.12. The molecule has 3 heteroatoms. The minimum Gasteiger partial charge on any atom is -0.345 e. The molecule has 62 valence electrons. The van der Waals surface area contributed by atoms with Crippen LogP contribution in [0.4, 0.5) is 0 Å². The van der Waals surface area contributed by atoms with Gasteiger partial charge in [0.2, 0.25) is 0 Å². The molecule has 0 aliphatic rings. The molecular weight excluding hydrogens is 138 g/mol. The minimum atomic E-state index is 0.820. The van der Waals surface area contributed by atoms with Crippen molar-refractivity contribution >= 4 is 0 Å². The number of aromatic nitrogens is 2. The molecule has 0 aliphatic heterocycles. The highest BCUT2D eigenvalue weighted by Crippen LogP contribution is 2.04. The topological polar surface area (TPSA) is 40.7 Å². The third-order valence-corrected chi connectivity index (χ3v) is 1.71. The van der Waals surface area contributed by atoms with E-state index in [1.54, 1.807) is 0 Å². The van der Waals surface area contributed by atoms with E-state index in [1.165, 1.54) is 11.4 Å². The molecule has 1 heterocycles. The Labute approximate surface area is 67.2 Å². The second-order valence-corrected chi connectivity index (χ2v) is 2.64. The largest absolute Gasteiger partial charge is 0.345 e. The molecule has 0 aromatic carbocycles. The number of H-pyrrole nitrogens is 1. The summed E-state index contributed by atoms with van der Waals surface area (Å²) in [5.41, 5.74) is 2.37. The van der Waals surface area contributed by atoms with Crippen LogP contribution in [0.3, 0.4) is 0 Å². The van der Waals surface area contributed by atoms with Gasteiger partial charge in [0.1, 0.15) is 5.82 Å². The third-order valence-electron chi connectivity index (χ3n) is 1.71. The summed E-state index contributed by atoms with van der Waals surface area (Å²) in [6, 6.07) is 0. The zero-order valence-electron chi connectivity index (χ0n) is 7.36. The molecule has 0 aliphatic carbocycles. The Morgan fingerprint density at radius 3 is 2.73 bits per heavy atom. The minimum absolute atomic E-state index is 0.820. The molecular formula is C8H15N3. The van der Waals surface area contributed by atoms with Gasteiger partial charge in [0.25, 0.3) is 0 Å². The van der Waals surface area contributed by atoms with E-state index >= 15 is 0 Å². The maximum atomic E-state index is 4.40. The third kappa shape index (κ3) is 1.80. The molecule has 0 unspecified atom stereocenters. The summed E-state index contributed by atoms with van der Waals surface area (Å²) in [6.07, 6.45) is 1.01. The fraction of sp³-hybridized carbons (Fsp3) is 0.625. The second kappa shape index (κ2) is 3.53. The molecule has 2 N–H and O–H groups in total. The summed E-state index contributed by atoms with van der Waals surface area (Å²) in [5, 5.41) is 3.05. The Morgan fingerprint density at radius 1 is 1.55 bits per heavy atom. The van der Waals surface area contributed by atoms with Crippen LogP contribution in [0.1, 0.15) is 24.1 Å². The highest BCUT2D eigenvalue weighted by atomic mass is 15.0. The van der Waals surface area contributed by atoms with Crippen LogP contribution in [0.2, 0.25) is 0 Å². The Hall–Kier alpha value is -0.830. The Kier molecular flexibility index (Phi) is 2.65. The van der Waals surface area contributed by atoms with Crippen molar-refractivity contribution in [3.8, 4) is 0 Å². The van der Waals surface area contributed by atoms with Crippen LogP contribution in [-0.4, -0.2) is 17.0 Å².